The van der Waals surface area contributed by atoms with Gasteiger partial charge in [-0.3, -0.25) is 0 Å². The van der Waals surface area contributed by atoms with E-state index in [0.717, 1.165) is 12.8 Å². The topological polar surface area (TPSA) is 52.0 Å². The predicted octanol–water partition coefficient (Wildman–Crippen LogP) is 0.851. The summed E-state index contributed by atoms with van der Waals surface area (Å²) in [5, 5.41) is 0. The molecule has 0 aliphatic heterocycles. The van der Waals surface area contributed by atoms with Crippen LogP contribution < -0.4 is 11.5 Å². The molecule has 1 aliphatic carbocycles. The second-order valence-electron chi connectivity index (χ2n) is 4.28. The molecule has 0 saturated heterocycles. The molecule has 0 amide bonds. The molecule has 0 aromatic rings. The summed E-state index contributed by atoms with van der Waals surface area (Å²) in [5.41, 5.74) is 12.0. The minimum absolute atomic E-state index is 0.0631. The van der Waals surface area contributed by atoms with Gasteiger partial charge in [-0.2, -0.15) is 0 Å². The zero-order valence-corrected chi connectivity index (χ0v) is 7.15. The molecule has 10 heavy (non-hydrogen) atoms. The minimum Gasteiger partial charge on any atom is -0.327 e. The summed E-state index contributed by atoms with van der Waals surface area (Å²) in [5.74, 6) is 0. The molecule has 0 heterocycles. The highest BCUT2D eigenvalue weighted by atomic mass is 14.9. The SMILES string of the molecule is CC1(C)C(N)CC[C@@]1(C)N. The van der Waals surface area contributed by atoms with E-state index >= 15 is 0 Å². The quantitative estimate of drug-likeness (QED) is 0.527. The van der Waals surface area contributed by atoms with E-state index < -0.39 is 0 Å². The number of nitrogens with two attached hydrogens (primary N) is 2. The Morgan fingerprint density at radius 2 is 1.80 bits per heavy atom. The van der Waals surface area contributed by atoms with Crippen LogP contribution in [0, 0.1) is 5.41 Å². The average molecular weight is 142 g/mol. The molecule has 0 spiro atoms. The molecule has 1 fully saturated rings. The lowest BCUT2D eigenvalue weighted by Gasteiger charge is -2.37. The molecule has 0 aromatic heterocycles. The van der Waals surface area contributed by atoms with E-state index in [1.54, 1.807) is 0 Å². The fourth-order valence-electron chi connectivity index (χ4n) is 1.56. The lowest BCUT2D eigenvalue weighted by molar-refractivity contribution is 0.207. The third kappa shape index (κ3) is 0.867. The molecule has 1 rings (SSSR count). The fourth-order valence-corrected chi connectivity index (χ4v) is 1.56. The van der Waals surface area contributed by atoms with Crippen LogP contribution in [0.2, 0.25) is 0 Å². The zero-order valence-electron chi connectivity index (χ0n) is 7.15. The Kier molecular flexibility index (Phi) is 1.57. The van der Waals surface area contributed by atoms with Crippen LogP contribution in [0.5, 0.6) is 0 Å². The molecule has 0 bridgehead atoms. The van der Waals surface area contributed by atoms with Gasteiger partial charge >= 0.3 is 0 Å². The Morgan fingerprint density at radius 1 is 1.30 bits per heavy atom. The van der Waals surface area contributed by atoms with Crippen molar-refractivity contribution in [1.29, 1.82) is 0 Å². The summed E-state index contributed by atoms with van der Waals surface area (Å²) >= 11 is 0. The Hall–Kier alpha value is -0.0800. The third-order valence-corrected chi connectivity index (χ3v) is 3.37. The summed E-state index contributed by atoms with van der Waals surface area (Å²) in [6.07, 6.45) is 2.13. The maximum atomic E-state index is 6.07. The van der Waals surface area contributed by atoms with Gasteiger partial charge in [0.1, 0.15) is 0 Å². The first-order valence-electron chi connectivity index (χ1n) is 3.92. The van der Waals surface area contributed by atoms with Gasteiger partial charge in [0, 0.05) is 11.6 Å². The van der Waals surface area contributed by atoms with Crippen LogP contribution in [-0.4, -0.2) is 11.6 Å². The van der Waals surface area contributed by atoms with Gasteiger partial charge in [-0.15, -0.1) is 0 Å². The van der Waals surface area contributed by atoms with Crippen LogP contribution in [0.4, 0.5) is 0 Å². The van der Waals surface area contributed by atoms with Crippen molar-refractivity contribution in [3.63, 3.8) is 0 Å². The fraction of sp³-hybridized carbons (Fsp3) is 1.00. The molecular weight excluding hydrogens is 124 g/mol. The summed E-state index contributed by atoms with van der Waals surface area (Å²) in [6, 6.07) is 0.280. The first kappa shape index (κ1) is 8.02. The molecule has 60 valence electrons. The number of hydrogen-bond donors (Lipinski definition) is 2. The van der Waals surface area contributed by atoms with Crippen molar-refractivity contribution in [3.8, 4) is 0 Å². The molecule has 1 saturated carbocycles. The summed E-state index contributed by atoms with van der Waals surface area (Å²) in [6.45, 7) is 6.41. The monoisotopic (exact) mass is 142 g/mol. The van der Waals surface area contributed by atoms with Gasteiger partial charge in [0.05, 0.1) is 0 Å². The average Bonchev–Trinajstić information content (AvgIpc) is 1.94. The maximum Gasteiger partial charge on any atom is 0.0192 e. The smallest absolute Gasteiger partial charge is 0.0192 e. The van der Waals surface area contributed by atoms with Crippen LogP contribution >= 0.6 is 0 Å². The molecule has 2 nitrogen and oxygen atoms in total. The van der Waals surface area contributed by atoms with E-state index in [-0.39, 0.29) is 17.0 Å². The van der Waals surface area contributed by atoms with E-state index in [1.165, 1.54) is 0 Å². The van der Waals surface area contributed by atoms with E-state index in [9.17, 15) is 0 Å². The lowest BCUT2D eigenvalue weighted by atomic mass is 9.75. The van der Waals surface area contributed by atoms with Crippen LogP contribution in [-0.2, 0) is 0 Å². The van der Waals surface area contributed by atoms with Crippen molar-refractivity contribution >= 4 is 0 Å². The Bertz CT molecular complexity index is 138. The molecule has 1 unspecified atom stereocenters. The van der Waals surface area contributed by atoms with Crippen LogP contribution in [0.15, 0.2) is 0 Å². The van der Waals surface area contributed by atoms with Crippen molar-refractivity contribution in [2.24, 2.45) is 16.9 Å². The van der Waals surface area contributed by atoms with E-state index in [2.05, 4.69) is 20.8 Å². The van der Waals surface area contributed by atoms with Crippen molar-refractivity contribution in [2.45, 2.75) is 45.2 Å². The predicted molar refractivity (Wildman–Crippen MR) is 43.6 cm³/mol. The van der Waals surface area contributed by atoms with Crippen molar-refractivity contribution in [3.05, 3.63) is 0 Å². The molecule has 2 atom stereocenters. The van der Waals surface area contributed by atoms with Gasteiger partial charge < -0.3 is 11.5 Å². The Morgan fingerprint density at radius 3 is 1.90 bits per heavy atom. The van der Waals surface area contributed by atoms with Crippen molar-refractivity contribution < 1.29 is 0 Å². The van der Waals surface area contributed by atoms with Gasteiger partial charge in [-0.05, 0) is 25.2 Å². The Labute approximate surface area is 63.0 Å². The van der Waals surface area contributed by atoms with Gasteiger partial charge in [0.2, 0.25) is 0 Å². The minimum atomic E-state index is -0.0631. The van der Waals surface area contributed by atoms with Gasteiger partial charge in [-0.1, -0.05) is 13.8 Å². The molecule has 4 N–H and O–H groups in total. The van der Waals surface area contributed by atoms with E-state index in [0.29, 0.717) is 0 Å². The molecule has 1 aliphatic rings. The third-order valence-electron chi connectivity index (χ3n) is 3.37. The standard InChI is InChI=1S/C8H18N2/c1-7(2)6(9)4-5-8(7,3)10/h6H,4-5,9-10H2,1-3H3/t6?,8-/m1/s1. The van der Waals surface area contributed by atoms with Gasteiger partial charge in [0.25, 0.3) is 0 Å². The van der Waals surface area contributed by atoms with Gasteiger partial charge in [-0.25, -0.2) is 0 Å². The van der Waals surface area contributed by atoms with Crippen LogP contribution in [0.1, 0.15) is 33.6 Å². The lowest BCUT2D eigenvalue weighted by Crippen LogP contribution is -2.51. The zero-order chi connectivity index (χ0) is 7.99. The second kappa shape index (κ2) is 1.95. The van der Waals surface area contributed by atoms with Gasteiger partial charge in [0.15, 0.2) is 0 Å². The largest absolute Gasteiger partial charge is 0.327 e. The van der Waals surface area contributed by atoms with Crippen molar-refractivity contribution in [2.75, 3.05) is 0 Å². The van der Waals surface area contributed by atoms with Crippen LogP contribution in [0.3, 0.4) is 0 Å². The normalized spacial score (nSPS) is 45.9. The molecular formula is C8H18N2. The highest BCUT2D eigenvalue weighted by Crippen LogP contribution is 2.42. The highest BCUT2D eigenvalue weighted by Gasteiger charge is 2.47. The van der Waals surface area contributed by atoms with Crippen LogP contribution in [0.25, 0.3) is 0 Å². The Balaban J connectivity index is 2.84. The summed E-state index contributed by atoms with van der Waals surface area (Å²) in [4.78, 5) is 0. The van der Waals surface area contributed by atoms with E-state index in [4.69, 9.17) is 11.5 Å². The molecule has 2 heteroatoms. The van der Waals surface area contributed by atoms with E-state index in [1.807, 2.05) is 0 Å². The number of rotatable bonds is 0. The van der Waals surface area contributed by atoms with Crippen molar-refractivity contribution in [1.82, 2.24) is 0 Å². The summed E-state index contributed by atoms with van der Waals surface area (Å²) in [7, 11) is 0. The molecule has 0 radical (unpaired) electrons. The highest BCUT2D eigenvalue weighted by molar-refractivity contribution is 5.06. The number of hydrogen-bond acceptors (Lipinski definition) is 2. The second-order valence-corrected chi connectivity index (χ2v) is 4.28. The first-order valence-corrected chi connectivity index (χ1v) is 3.92. The molecule has 0 aromatic carbocycles. The maximum absolute atomic E-state index is 6.07. The summed E-state index contributed by atoms with van der Waals surface area (Å²) < 4.78 is 0. The first-order chi connectivity index (χ1) is 4.38.